The van der Waals surface area contributed by atoms with Crippen LogP contribution in [0.5, 0.6) is 0 Å². The molecule has 1 saturated heterocycles. The Labute approximate surface area is 197 Å². The fourth-order valence-electron chi connectivity index (χ4n) is 2.42. The summed E-state index contributed by atoms with van der Waals surface area (Å²) in [6.45, 7) is 11.6. The van der Waals surface area contributed by atoms with Crippen LogP contribution in [0.3, 0.4) is 0 Å². The molecule has 3 N–H and O–H groups in total. The Bertz CT molecular complexity index is 534. The van der Waals surface area contributed by atoms with Gasteiger partial charge in [-0.2, -0.15) is 0 Å². The van der Waals surface area contributed by atoms with Crippen LogP contribution in [0.4, 0.5) is 4.79 Å². The van der Waals surface area contributed by atoms with Crippen molar-refractivity contribution in [2.24, 2.45) is 4.99 Å². The van der Waals surface area contributed by atoms with Gasteiger partial charge < -0.3 is 30.3 Å². The molecule has 0 aromatic heterocycles. The molecular formula is C19H39IN6O4. The first-order chi connectivity index (χ1) is 13.7. The molecule has 1 heterocycles. The number of ether oxygens (including phenoxy) is 2. The molecule has 176 valence electrons. The largest absolute Gasteiger partial charge is 0.444 e. The van der Waals surface area contributed by atoms with Gasteiger partial charge in [0.15, 0.2) is 5.96 Å². The molecule has 1 rings (SSSR count). The molecule has 0 bridgehead atoms. The van der Waals surface area contributed by atoms with E-state index in [0.29, 0.717) is 25.5 Å². The third kappa shape index (κ3) is 14.6. The van der Waals surface area contributed by atoms with Crippen LogP contribution >= 0.6 is 24.0 Å². The first kappa shape index (κ1) is 28.7. The van der Waals surface area contributed by atoms with Crippen molar-refractivity contribution >= 4 is 41.9 Å². The van der Waals surface area contributed by atoms with E-state index in [0.717, 1.165) is 39.4 Å². The van der Waals surface area contributed by atoms with E-state index < -0.39 is 11.7 Å². The smallest absolute Gasteiger partial charge is 0.407 e. The van der Waals surface area contributed by atoms with Gasteiger partial charge in [0, 0.05) is 53.4 Å². The number of likely N-dealkylation sites (N-methyl/N-ethyl adjacent to an activating group) is 1. The second-order valence-electron chi connectivity index (χ2n) is 8.04. The second kappa shape index (κ2) is 15.5. The number of halogens is 1. The number of aliphatic imine (C=N–C) groups is 1. The van der Waals surface area contributed by atoms with E-state index in [2.05, 4.69) is 25.8 Å². The number of carbonyl (C=O) groups excluding carboxylic acids is 2. The van der Waals surface area contributed by atoms with E-state index in [1.165, 1.54) is 4.90 Å². The van der Waals surface area contributed by atoms with Gasteiger partial charge in [-0.25, -0.2) is 9.79 Å². The standard InChI is InChI=1S/C19H38N6O4.HI/c1-19(2,3)29-18(27)22-8-6-7-20-17(23-15-16(26)24(4)5)21-9-10-25-11-13-28-14-12-25;/h6-15H2,1-5H3,(H,22,27)(H2,20,21,23);1H. The topological polar surface area (TPSA) is 108 Å². The molecule has 30 heavy (non-hydrogen) atoms. The first-order valence-electron chi connectivity index (χ1n) is 10.2. The van der Waals surface area contributed by atoms with Crippen molar-refractivity contribution in [2.45, 2.75) is 32.8 Å². The lowest BCUT2D eigenvalue weighted by Crippen LogP contribution is -2.45. The van der Waals surface area contributed by atoms with Crippen molar-refractivity contribution in [1.82, 2.24) is 25.8 Å². The minimum Gasteiger partial charge on any atom is -0.444 e. The predicted octanol–water partition coefficient (Wildman–Crippen LogP) is 0.475. The van der Waals surface area contributed by atoms with E-state index in [1.807, 2.05) is 20.8 Å². The molecule has 2 amide bonds. The molecule has 0 spiro atoms. The maximum atomic E-state index is 11.8. The minimum absolute atomic E-state index is 0. The number of nitrogens with one attached hydrogen (secondary N) is 3. The van der Waals surface area contributed by atoms with E-state index in [4.69, 9.17) is 9.47 Å². The Morgan fingerprint density at radius 3 is 2.27 bits per heavy atom. The van der Waals surface area contributed by atoms with Gasteiger partial charge in [-0.1, -0.05) is 0 Å². The molecule has 1 aliphatic heterocycles. The van der Waals surface area contributed by atoms with Crippen LogP contribution in [0.2, 0.25) is 0 Å². The second-order valence-corrected chi connectivity index (χ2v) is 8.04. The minimum atomic E-state index is -0.508. The maximum absolute atomic E-state index is 11.8. The monoisotopic (exact) mass is 542 g/mol. The molecular weight excluding hydrogens is 503 g/mol. The Hall–Kier alpha value is -1.34. The summed E-state index contributed by atoms with van der Waals surface area (Å²) in [5.41, 5.74) is -0.508. The highest BCUT2D eigenvalue weighted by Gasteiger charge is 2.15. The van der Waals surface area contributed by atoms with Crippen LogP contribution in [-0.2, 0) is 14.3 Å². The third-order valence-corrected chi connectivity index (χ3v) is 4.01. The summed E-state index contributed by atoms with van der Waals surface area (Å²) < 4.78 is 10.6. The van der Waals surface area contributed by atoms with Gasteiger partial charge in [-0.3, -0.25) is 9.69 Å². The number of rotatable bonds is 9. The zero-order valence-corrected chi connectivity index (χ0v) is 21.3. The summed E-state index contributed by atoms with van der Waals surface area (Å²) in [7, 11) is 3.41. The van der Waals surface area contributed by atoms with Crippen molar-refractivity contribution in [3.63, 3.8) is 0 Å². The van der Waals surface area contributed by atoms with E-state index >= 15 is 0 Å². The lowest BCUT2D eigenvalue weighted by molar-refractivity contribution is -0.127. The number of alkyl carbamates (subject to hydrolysis) is 1. The number of morpholine rings is 1. The van der Waals surface area contributed by atoms with Crippen molar-refractivity contribution in [3.05, 3.63) is 0 Å². The molecule has 10 nitrogen and oxygen atoms in total. The van der Waals surface area contributed by atoms with Crippen LogP contribution < -0.4 is 16.0 Å². The van der Waals surface area contributed by atoms with Gasteiger partial charge in [-0.05, 0) is 27.2 Å². The Morgan fingerprint density at radius 2 is 1.67 bits per heavy atom. The molecule has 0 saturated carbocycles. The summed E-state index contributed by atoms with van der Waals surface area (Å²) in [4.78, 5) is 31.7. The summed E-state index contributed by atoms with van der Waals surface area (Å²) in [6, 6.07) is 0. The fraction of sp³-hybridized carbons (Fsp3) is 0.842. The number of hydrogen-bond donors (Lipinski definition) is 3. The van der Waals surface area contributed by atoms with Crippen LogP contribution in [0.25, 0.3) is 0 Å². The molecule has 0 atom stereocenters. The molecule has 1 fully saturated rings. The lowest BCUT2D eigenvalue weighted by atomic mass is 10.2. The van der Waals surface area contributed by atoms with Gasteiger partial charge in [0.2, 0.25) is 5.91 Å². The molecule has 0 radical (unpaired) electrons. The Balaban J connectivity index is 0.00000841. The van der Waals surface area contributed by atoms with E-state index in [-0.39, 0.29) is 36.4 Å². The molecule has 0 aliphatic carbocycles. The quantitative estimate of drug-likeness (QED) is 0.168. The van der Waals surface area contributed by atoms with Gasteiger partial charge in [-0.15, -0.1) is 24.0 Å². The number of carbonyl (C=O) groups is 2. The zero-order valence-electron chi connectivity index (χ0n) is 19.0. The van der Waals surface area contributed by atoms with Gasteiger partial charge in [0.05, 0.1) is 13.2 Å². The van der Waals surface area contributed by atoms with Crippen LogP contribution in [0.15, 0.2) is 4.99 Å². The third-order valence-electron chi connectivity index (χ3n) is 4.01. The number of nitrogens with zero attached hydrogens (tertiary/aromatic N) is 3. The zero-order chi connectivity index (χ0) is 21.7. The normalized spacial score (nSPS) is 15.0. The van der Waals surface area contributed by atoms with Crippen molar-refractivity contribution in [1.29, 1.82) is 0 Å². The van der Waals surface area contributed by atoms with Gasteiger partial charge in [0.25, 0.3) is 0 Å². The van der Waals surface area contributed by atoms with Crippen LogP contribution in [0.1, 0.15) is 27.2 Å². The number of amides is 2. The lowest BCUT2D eigenvalue weighted by Gasteiger charge is -2.26. The first-order valence-corrected chi connectivity index (χ1v) is 10.2. The average Bonchev–Trinajstić information content (AvgIpc) is 2.64. The van der Waals surface area contributed by atoms with Crippen molar-refractivity contribution in [2.75, 3.05) is 73.1 Å². The highest BCUT2D eigenvalue weighted by molar-refractivity contribution is 14.0. The molecule has 11 heteroatoms. The van der Waals surface area contributed by atoms with Crippen LogP contribution in [-0.4, -0.2) is 106 Å². The van der Waals surface area contributed by atoms with Crippen LogP contribution in [0, 0.1) is 0 Å². The SMILES string of the molecule is CN(C)C(=O)CN=C(NCCCNC(=O)OC(C)(C)C)NCCN1CCOCC1.I. The van der Waals surface area contributed by atoms with E-state index in [1.54, 1.807) is 14.1 Å². The summed E-state index contributed by atoms with van der Waals surface area (Å²) in [5, 5.41) is 9.20. The van der Waals surface area contributed by atoms with Crippen molar-refractivity contribution < 1.29 is 19.1 Å². The summed E-state index contributed by atoms with van der Waals surface area (Å²) in [6.07, 6.45) is 0.275. The number of hydrogen-bond acceptors (Lipinski definition) is 6. The molecule has 1 aliphatic rings. The highest BCUT2D eigenvalue weighted by Crippen LogP contribution is 2.06. The Kier molecular flexibility index (Phi) is 14.8. The average molecular weight is 542 g/mol. The summed E-state index contributed by atoms with van der Waals surface area (Å²) in [5.74, 6) is 0.525. The number of guanidine groups is 1. The predicted molar refractivity (Wildman–Crippen MR) is 129 cm³/mol. The van der Waals surface area contributed by atoms with Gasteiger partial charge >= 0.3 is 6.09 Å². The molecule has 0 aromatic rings. The fourth-order valence-corrected chi connectivity index (χ4v) is 2.42. The van der Waals surface area contributed by atoms with Crippen molar-refractivity contribution in [3.8, 4) is 0 Å². The molecule has 0 unspecified atom stereocenters. The van der Waals surface area contributed by atoms with E-state index in [9.17, 15) is 9.59 Å². The Morgan fingerprint density at radius 1 is 1.07 bits per heavy atom. The maximum Gasteiger partial charge on any atom is 0.407 e. The highest BCUT2D eigenvalue weighted by atomic mass is 127. The summed E-state index contributed by atoms with van der Waals surface area (Å²) >= 11 is 0. The molecule has 0 aromatic carbocycles. The van der Waals surface area contributed by atoms with Gasteiger partial charge in [0.1, 0.15) is 12.1 Å².